The standard InChI is InChI=1S/C21H17ClN4O/c1-27-19-10-6-5-9-17(19)25-26-21-20(14-7-3-2-4-8-14)23-16-12-11-15(22)13-18(16)24-21/h2-13,25H,1H3,(H,24,26). The molecule has 0 saturated carbocycles. The lowest BCUT2D eigenvalue weighted by molar-refractivity contribution is 0.416. The van der Waals surface area contributed by atoms with Gasteiger partial charge in [0, 0.05) is 10.6 Å². The second-order valence-corrected chi connectivity index (χ2v) is 6.31. The molecule has 0 bridgehead atoms. The van der Waals surface area contributed by atoms with Crippen LogP contribution in [0, 0.1) is 0 Å². The molecule has 1 aromatic heterocycles. The lowest BCUT2D eigenvalue weighted by Crippen LogP contribution is -2.12. The number of ether oxygens (including phenoxy) is 1. The van der Waals surface area contributed by atoms with Gasteiger partial charge in [-0.3, -0.25) is 10.9 Å². The highest BCUT2D eigenvalue weighted by atomic mass is 35.5. The van der Waals surface area contributed by atoms with Crippen LogP contribution in [-0.4, -0.2) is 17.1 Å². The predicted octanol–water partition coefficient (Wildman–Crippen LogP) is 5.40. The number of nitrogens with zero attached hydrogens (tertiary/aromatic N) is 2. The number of nitrogens with one attached hydrogen (secondary N) is 2. The van der Waals surface area contributed by atoms with Crippen LogP contribution < -0.4 is 15.6 Å². The Morgan fingerprint density at radius 2 is 1.59 bits per heavy atom. The normalized spacial score (nSPS) is 10.6. The number of hydrogen-bond donors (Lipinski definition) is 2. The van der Waals surface area contributed by atoms with Crippen molar-refractivity contribution in [3.63, 3.8) is 0 Å². The maximum Gasteiger partial charge on any atom is 0.171 e. The summed E-state index contributed by atoms with van der Waals surface area (Å²) >= 11 is 6.12. The summed E-state index contributed by atoms with van der Waals surface area (Å²) in [4.78, 5) is 9.51. The first kappa shape index (κ1) is 17.1. The van der Waals surface area contributed by atoms with Crippen molar-refractivity contribution in [2.45, 2.75) is 0 Å². The average molecular weight is 377 g/mol. The zero-order chi connectivity index (χ0) is 18.6. The van der Waals surface area contributed by atoms with Gasteiger partial charge in [0.05, 0.1) is 23.8 Å². The number of para-hydroxylation sites is 2. The van der Waals surface area contributed by atoms with Gasteiger partial charge in [0.15, 0.2) is 5.82 Å². The van der Waals surface area contributed by atoms with Crippen molar-refractivity contribution < 1.29 is 4.74 Å². The first-order valence-corrected chi connectivity index (χ1v) is 8.80. The molecule has 0 amide bonds. The molecule has 0 aliphatic rings. The summed E-state index contributed by atoms with van der Waals surface area (Å²) in [7, 11) is 1.63. The van der Waals surface area contributed by atoms with Gasteiger partial charge in [-0.1, -0.05) is 54.1 Å². The monoisotopic (exact) mass is 376 g/mol. The topological polar surface area (TPSA) is 59.1 Å². The van der Waals surface area contributed by atoms with Crippen molar-refractivity contribution in [1.29, 1.82) is 0 Å². The van der Waals surface area contributed by atoms with E-state index < -0.39 is 0 Å². The highest BCUT2D eigenvalue weighted by Crippen LogP contribution is 2.29. The maximum absolute atomic E-state index is 6.12. The SMILES string of the molecule is COc1ccccc1NNc1nc2cc(Cl)ccc2nc1-c1ccccc1. The Morgan fingerprint density at radius 3 is 2.41 bits per heavy atom. The van der Waals surface area contributed by atoms with Crippen LogP contribution >= 0.6 is 11.6 Å². The van der Waals surface area contributed by atoms with Crippen LogP contribution in [0.1, 0.15) is 0 Å². The molecule has 4 aromatic rings. The van der Waals surface area contributed by atoms with Crippen LogP contribution in [0.5, 0.6) is 5.75 Å². The number of hydrazine groups is 1. The van der Waals surface area contributed by atoms with Gasteiger partial charge in [0.25, 0.3) is 0 Å². The van der Waals surface area contributed by atoms with Crippen molar-refractivity contribution >= 4 is 34.1 Å². The summed E-state index contributed by atoms with van der Waals surface area (Å²) in [6, 6.07) is 23.0. The molecule has 5 nitrogen and oxygen atoms in total. The number of hydrogen-bond acceptors (Lipinski definition) is 5. The van der Waals surface area contributed by atoms with E-state index >= 15 is 0 Å². The number of aromatic nitrogens is 2. The Kier molecular flexibility index (Phi) is 4.77. The van der Waals surface area contributed by atoms with Crippen molar-refractivity contribution in [1.82, 2.24) is 9.97 Å². The molecule has 0 saturated heterocycles. The molecular weight excluding hydrogens is 360 g/mol. The smallest absolute Gasteiger partial charge is 0.171 e. The zero-order valence-corrected chi connectivity index (χ0v) is 15.4. The zero-order valence-electron chi connectivity index (χ0n) is 14.6. The Morgan fingerprint density at radius 1 is 0.815 bits per heavy atom. The fourth-order valence-electron chi connectivity index (χ4n) is 2.79. The summed E-state index contributed by atoms with van der Waals surface area (Å²) in [5.41, 5.74) is 10.3. The van der Waals surface area contributed by atoms with Crippen molar-refractivity contribution in [2.24, 2.45) is 0 Å². The van der Waals surface area contributed by atoms with Crippen molar-refractivity contribution in [2.75, 3.05) is 18.0 Å². The van der Waals surface area contributed by atoms with Gasteiger partial charge in [-0.25, -0.2) is 9.97 Å². The summed E-state index contributed by atoms with van der Waals surface area (Å²) in [5, 5.41) is 0.618. The number of benzene rings is 3. The van der Waals surface area contributed by atoms with E-state index in [9.17, 15) is 0 Å². The number of methoxy groups -OCH3 is 1. The van der Waals surface area contributed by atoms with Gasteiger partial charge < -0.3 is 4.74 Å². The Bertz CT molecular complexity index is 1090. The van der Waals surface area contributed by atoms with Crippen LogP contribution in [0.15, 0.2) is 72.8 Å². The Labute approximate surface area is 162 Å². The molecule has 0 aliphatic heterocycles. The molecule has 3 aromatic carbocycles. The average Bonchev–Trinajstić information content (AvgIpc) is 2.72. The van der Waals surface area contributed by atoms with Crippen LogP contribution in [-0.2, 0) is 0 Å². The molecule has 0 unspecified atom stereocenters. The second kappa shape index (κ2) is 7.51. The second-order valence-electron chi connectivity index (χ2n) is 5.87. The number of rotatable bonds is 5. The molecular formula is C21H17ClN4O. The van der Waals surface area contributed by atoms with E-state index in [-0.39, 0.29) is 0 Å². The van der Waals surface area contributed by atoms with Gasteiger partial charge in [-0.2, -0.15) is 0 Å². The van der Waals surface area contributed by atoms with E-state index in [1.54, 1.807) is 13.2 Å². The quantitative estimate of drug-likeness (QED) is 0.457. The minimum atomic E-state index is 0.599. The Balaban J connectivity index is 1.77. The third-order valence-electron chi connectivity index (χ3n) is 4.10. The molecule has 0 radical (unpaired) electrons. The molecule has 0 spiro atoms. The Hall–Kier alpha value is -3.31. The summed E-state index contributed by atoms with van der Waals surface area (Å²) in [5.74, 6) is 1.32. The molecule has 6 heteroatoms. The fourth-order valence-corrected chi connectivity index (χ4v) is 2.95. The highest BCUT2D eigenvalue weighted by Gasteiger charge is 2.12. The minimum absolute atomic E-state index is 0.599. The third-order valence-corrected chi connectivity index (χ3v) is 4.33. The van der Waals surface area contributed by atoms with E-state index in [1.165, 1.54) is 0 Å². The number of halogens is 1. The van der Waals surface area contributed by atoms with Crippen LogP contribution in [0.3, 0.4) is 0 Å². The van der Waals surface area contributed by atoms with Crippen LogP contribution in [0.25, 0.3) is 22.3 Å². The van der Waals surface area contributed by atoms with E-state index in [1.807, 2.05) is 66.7 Å². The minimum Gasteiger partial charge on any atom is -0.495 e. The van der Waals surface area contributed by atoms with Gasteiger partial charge in [-0.15, -0.1) is 0 Å². The van der Waals surface area contributed by atoms with E-state index in [2.05, 4.69) is 10.9 Å². The van der Waals surface area contributed by atoms with E-state index in [0.717, 1.165) is 28.2 Å². The van der Waals surface area contributed by atoms with E-state index in [4.69, 9.17) is 26.3 Å². The third kappa shape index (κ3) is 3.64. The maximum atomic E-state index is 6.12. The van der Waals surface area contributed by atoms with Gasteiger partial charge in [-0.05, 0) is 30.3 Å². The molecule has 0 atom stereocenters. The van der Waals surface area contributed by atoms with E-state index in [0.29, 0.717) is 16.4 Å². The fraction of sp³-hybridized carbons (Fsp3) is 0.0476. The van der Waals surface area contributed by atoms with Crippen molar-refractivity contribution in [3.8, 4) is 17.0 Å². The molecule has 1 heterocycles. The highest BCUT2D eigenvalue weighted by molar-refractivity contribution is 6.31. The largest absolute Gasteiger partial charge is 0.495 e. The van der Waals surface area contributed by atoms with Crippen LogP contribution in [0.4, 0.5) is 11.5 Å². The van der Waals surface area contributed by atoms with Gasteiger partial charge in [0.2, 0.25) is 0 Å². The summed E-state index contributed by atoms with van der Waals surface area (Å²) in [6.07, 6.45) is 0. The van der Waals surface area contributed by atoms with Gasteiger partial charge in [0.1, 0.15) is 11.4 Å². The molecule has 27 heavy (non-hydrogen) atoms. The number of anilines is 2. The lowest BCUT2D eigenvalue weighted by atomic mass is 10.1. The molecule has 4 rings (SSSR count). The molecule has 134 valence electrons. The summed E-state index contributed by atoms with van der Waals surface area (Å²) < 4.78 is 5.38. The predicted molar refractivity (Wildman–Crippen MR) is 110 cm³/mol. The molecule has 0 aliphatic carbocycles. The van der Waals surface area contributed by atoms with Crippen molar-refractivity contribution in [3.05, 3.63) is 77.8 Å². The first-order chi connectivity index (χ1) is 13.2. The lowest BCUT2D eigenvalue weighted by Gasteiger charge is -2.15. The molecule has 2 N–H and O–H groups in total. The number of fused-ring (bicyclic) bond motifs is 1. The summed E-state index contributed by atoms with van der Waals surface area (Å²) in [6.45, 7) is 0. The molecule has 0 fully saturated rings. The first-order valence-electron chi connectivity index (χ1n) is 8.42. The van der Waals surface area contributed by atoms with Gasteiger partial charge >= 0.3 is 0 Å². The van der Waals surface area contributed by atoms with Crippen LogP contribution in [0.2, 0.25) is 5.02 Å².